The molecule has 1 heterocycles. The minimum atomic E-state index is -0.0311. The van der Waals surface area contributed by atoms with Gasteiger partial charge in [-0.2, -0.15) is 0 Å². The second-order valence-electron chi connectivity index (χ2n) is 6.53. The SMILES string of the molecule is Cc1cc(C)c2ccc(/C=C3\C(=O)Nc4ccccc43)c-2c(C)c1. The predicted molar refractivity (Wildman–Crippen MR) is 100 cm³/mol. The van der Waals surface area contributed by atoms with Gasteiger partial charge in [-0.1, -0.05) is 48.0 Å². The molecule has 0 atom stereocenters. The van der Waals surface area contributed by atoms with E-state index in [2.05, 4.69) is 50.4 Å². The Kier molecular flexibility index (Phi) is 3.27. The van der Waals surface area contributed by atoms with E-state index in [9.17, 15) is 4.79 Å². The summed E-state index contributed by atoms with van der Waals surface area (Å²) in [5.74, 6) is -0.0311. The first-order valence-electron chi connectivity index (χ1n) is 8.17. The Morgan fingerprint density at radius 1 is 0.875 bits per heavy atom. The van der Waals surface area contributed by atoms with Crippen molar-refractivity contribution >= 4 is 23.2 Å². The highest BCUT2D eigenvalue weighted by atomic mass is 16.2. The monoisotopic (exact) mass is 313 g/mol. The molecule has 1 aromatic carbocycles. The molecule has 0 fully saturated rings. The van der Waals surface area contributed by atoms with Crippen molar-refractivity contribution in [3.05, 3.63) is 76.3 Å². The van der Waals surface area contributed by atoms with Crippen molar-refractivity contribution < 1.29 is 4.79 Å². The van der Waals surface area contributed by atoms with Crippen molar-refractivity contribution in [2.24, 2.45) is 0 Å². The number of benzene rings is 1. The summed E-state index contributed by atoms with van der Waals surface area (Å²) in [5, 5.41) is 2.94. The molecule has 1 aliphatic heterocycles. The lowest BCUT2D eigenvalue weighted by atomic mass is 9.98. The summed E-state index contributed by atoms with van der Waals surface area (Å²) >= 11 is 0. The predicted octanol–water partition coefficient (Wildman–Crippen LogP) is 5.21. The van der Waals surface area contributed by atoms with Gasteiger partial charge in [0.2, 0.25) is 0 Å². The highest BCUT2D eigenvalue weighted by molar-refractivity contribution is 6.35. The average molecular weight is 313 g/mol. The molecular weight excluding hydrogens is 294 g/mol. The van der Waals surface area contributed by atoms with Crippen LogP contribution in [0.2, 0.25) is 0 Å². The van der Waals surface area contributed by atoms with Crippen molar-refractivity contribution in [2.45, 2.75) is 20.8 Å². The molecule has 0 spiro atoms. The van der Waals surface area contributed by atoms with E-state index in [-0.39, 0.29) is 5.91 Å². The molecule has 2 nitrogen and oxygen atoms in total. The van der Waals surface area contributed by atoms with Gasteiger partial charge in [0.15, 0.2) is 0 Å². The maximum atomic E-state index is 12.4. The normalized spacial score (nSPS) is 15.0. The third-order valence-corrected chi connectivity index (χ3v) is 4.71. The maximum absolute atomic E-state index is 12.4. The quantitative estimate of drug-likeness (QED) is 0.614. The summed E-state index contributed by atoms with van der Waals surface area (Å²) in [6.07, 6.45) is 2.02. The number of hydrogen-bond acceptors (Lipinski definition) is 1. The fraction of sp³-hybridized carbons (Fsp3) is 0.136. The first-order chi connectivity index (χ1) is 11.5. The van der Waals surface area contributed by atoms with Crippen LogP contribution in [0.3, 0.4) is 0 Å². The molecule has 0 unspecified atom stereocenters. The first-order valence-corrected chi connectivity index (χ1v) is 8.17. The average Bonchev–Trinajstić information content (AvgIpc) is 3.06. The number of anilines is 1. The number of para-hydroxylation sites is 1. The van der Waals surface area contributed by atoms with Crippen molar-refractivity contribution in [3.8, 4) is 11.1 Å². The summed E-state index contributed by atoms with van der Waals surface area (Å²) in [6, 6.07) is 16.5. The summed E-state index contributed by atoms with van der Waals surface area (Å²) in [7, 11) is 0. The zero-order chi connectivity index (χ0) is 16.8. The van der Waals surface area contributed by atoms with Gasteiger partial charge in [0.05, 0.1) is 0 Å². The molecule has 0 radical (unpaired) electrons. The lowest BCUT2D eigenvalue weighted by Crippen LogP contribution is -2.03. The molecule has 0 saturated heterocycles. The van der Waals surface area contributed by atoms with Crippen molar-refractivity contribution in [3.63, 3.8) is 0 Å². The minimum Gasteiger partial charge on any atom is -0.321 e. The fourth-order valence-electron chi connectivity index (χ4n) is 3.70. The van der Waals surface area contributed by atoms with Crippen LogP contribution in [0.1, 0.15) is 27.8 Å². The van der Waals surface area contributed by atoms with Gasteiger partial charge in [-0.05, 0) is 60.7 Å². The lowest BCUT2D eigenvalue weighted by molar-refractivity contribution is -0.110. The molecule has 0 saturated carbocycles. The Balaban J connectivity index is 1.93. The van der Waals surface area contributed by atoms with Crippen LogP contribution in [0.15, 0.2) is 48.5 Å². The summed E-state index contributed by atoms with van der Waals surface area (Å²) in [4.78, 5) is 12.4. The van der Waals surface area contributed by atoms with E-state index in [0.29, 0.717) is 0 Å². The molecule has 1 N–H and O–H groups in total. The van der Waals surface area contributed by atoms with E-state index in [1.165, 1.54) is 27.8 Å². The van der Waals surface area contributed by atoms with Crippen LogP contribution in [-0.4, -0.2) is 5.91 Å². The number of carbonyl (C=O) groups is 1. The van der Waals surface area contributed by atoms with Crippen molar-refractivity contribution in [1.82, 2.24) is 0 Å². The third-order valence-electron chi connectivity index (χ3n) is 4.71. The zero-order valence-corrected chi connectivity index (χ0v) is 14.1. The number of carbonyl (C=O) groups excluding carboxylic acids is 1. The number of aryl methyl sites for hydroxylation is 3. The second kappa shape index (κ2) is 5.34. The zero-order valence-electron chi connectivity index (χ0n) is 14.1. The van der Waals surface area contributed by atoms with E-state index in [1.807, 2.05) is 30.3 Å². The maximum Gasteiger partial charge on any atom is 0.256 e. The first kappa shape index (κ1) is 14.7. The van der Waals surface area contributed by atoms with E-state index < -0.39 is 0 Å². The van der Waals surface area contributed by atoms with Crippen LogP contribution >= 0.6 is 0 Å². The topological polar surface area (TPSA) is 29.1 Å². The van der Waals surface area contributed by atoms with Crippen LogP contribution in [0, 0.1) is 20.8 Å². The Labute approximate surface area is 142 Å². The molecule has 0 bridgehead atoms. The highest BCUT2D eigenvalue weighted by Crippen LogP contribution is 2.38. The molecule has 0 aromatic heterocycles. The summed E-state index contributed by atoms with van der Waals surface area (Å²) in [5.41, 5.74) is 9.92. The van der Waals surface area contributed by atoms with E-state index in [0.717, 1.165) is 22.4 Å². The van der Waals surface area contributed by atoms with Crippen LogP contribution in [0.4, 0.5) is 5.69 Å². The van der Waals surface area contributed by atoms with Gasteiger partial charge < -0.3 is 5.32 Å². The number of rotatable bonds is 1. The molecular formula is C22H19NO. The van der Waals surface area contributed by atoms with Crippen LogP contribution < -0.4 is 5.32 Å². The minimum absolute atomic E-state index is 0.0311. The van der Waals surface area contributed by atoms with Gasteiger partial charge in [0.1, 0.15) is 0 Å². The molecule has 118 valence electrons. The molecule has 1 amide bonds. The Bertz CT molecular complexity index is 981. The number of nitrogens with one attached hydrogen (secondary N) is 1. The van der Waals surface area contributed by atoms with Gasteiger partial charge >= 0.3 is 0 Å². The standard InChI is InChI=1S/C22H19NO/c1-13-10-14(2)17-9-8-16(21(17)15(3)11-13)12-19-18-6-4-5-7-20(18)23-22(19)24/h4-12H,1-3H3,(H,23,24)/b19-12-. The van der Waals surface area contributed by atoms with E-state index >= 15 is 0 Å². The molecule has 1 aromatic rings. The van der Waals surface area contributed by atoms with Gasteiger partial charge in [-0.3, -0.25) is 4.79 Å². The number of fused-ring (bicyclic) bond motifs is 2. The molecule has 2 heteroatoms. The number of hydrogen-bond donors (Lipinski definition) is 1. The molecule has 3 aliphatic rings. The summed E-state index contributed by atoms with van der Waals surface area (Å²) in [6.45, 7) is 6.40. The van der Waals surface area contributed by atoms with Crippen LogP contribution in [0.5, 0.6) is 0 Å². The van der Waals surface area contributed by atoms with Crippen molar-refractivity contribution in [2.75, 3.05) is 5.32 Å². The summed E-state index contributed by atoms with van der Waals surface area (Å²) < 4.78 is 0. The largest absolute Gasteiger partial charge is 0.321 e. The number of amides is 1. The van der Waals surface area contributed by atoms with Gasteiger partial charge in [-0.25, -0.2) is 0 Å². The Hall–Kier alpha value is -2.87. The van der Waals surface area contributed by atoms with E-state index in [1.54, 1.807) is 0 Å². The second-order valence-corrected chi connectivity index (χ2v) is 6.53. The highest BCUT2D eigenvalue weighted by Gasteiger charge is 2.24. The van der Waals surface area contributed by atoms with Gasteiger partial charge in [-0.15, -0.1) is 0 Å². The van der Waals surface area contributed by atoms with Gasteiger partial charge in [0, 0.05) is 16.8 Å². The van der Waals surface area contributed by atoms with Crippen molar-refractivity contribution in [1.29, 1.82) is 0 Å². The smallest absolute Gasteiger partial charge is 0.256 e. The Morgan fingerprint density at radius 3 is 2.46 bits per heavy atom. The van der Waals surface area contributed by atoms with Crippen LogP contribution in [-0.2, 0) is 4.79 Å². The van der Waals surface area contributed by atoms with Crippen LogP contribution in [0.25, 0.3) is 22.8 Å². The van der Waals surface area contributed by atoms with Gasteiger partial charge in [0.25, 0.3) is 5.91 Å². The molecule has 4 rings (SSSR count). The third kappa shape index (κ3) is 2.23. The molecule has 2 aliphatic carbocycles. The lowest BCUT2D eigenvalue weighted by Gasteiger charge is -2.04. The fourth-order valence-corrected chi connectivity index (χ4v) is 3.70. The van der Waals surface area contributed by atoms with E-state index in [4.69, 9.17) is 0 Å². The Morgan fingerprint density at radius 2 is 1.62 bits per heavy atom. The molecule has 24 heavy (non-hydrogen) atoms.